The van der Waals surface area contributed by atoms with E-state index in [1.165, 1.54) is 0 Å². The highest BCUT2D eigenvalue weighted by Crippen LogP contribution is 2.18. The Hall–Kier alpha value is -0.810. The number of ether oxygens (including phenoxy) is 1. The summed E-state index contributed by atoms with van der Waals surface area (Å²) < 4.78 is 4.53. The molecule has 13 heavy (non-hydrogen) atoms. The van der Waals surface area contributed by atoms with E-state index in [2.05, 4.69) is 10.1 Å². The number of primary amides is 1. The summed E-state index contributed by atoms with van der Waals surface area (Å²) in [5.41, 5.74) is 4.78. The highest BCUT2D eigenvalue weighted by atomic mass is 16.5. The summed E-state index contributed by atoms with van der Waals surface area (Å²) in [4.78, 5) is 10.2. The summed E-state index contributed by atoms with van der Waals surface area (Å²) in [5.74, 6) is 0. The molecule has 4 N–H and O–H groups in total. The first-order chi connectivity index (χ1) is 6.20. The van der Waals surface area contributed by atoms with Crippen LogP contribution < -0.4 is 11.1 Å². The molecule has 0 radical (unpaired) electrons. The molecule has 0 spiro atoms. The lowest BCUT2D eigenvalue weighted by molar-refractivity contribution is 0.135. The fourth-order valence-corrected chi connectivity index (χ4v) is 1.57. The highest BCUT2D eigenvalue weighted by molar-refractivity contribution is 5.64. The lowest BCUT2D eigenvalue weighted by atomic mass is 10.2. The Balaban J connectivity index is 2.02. The van der Waals surface area contributed by atoms with Gasteiger partial charge in [-0.3, -0.25) is 0 Å². The standard InChI is InChI=1S/C8H16N2O3/c9-8(12)13-5-4-10-6-2-1-3-7(6)11/h6-7,10-11H,1-5H2,(H2,9,12). The highest BCUT2D eigenvalue weighted by Gasteiger charge is 2.23. The van der Waals surface area contributed by atoms with Gasteiger partial charge in [0.05, 0.1) is 6.10 Å². The van der Waals surface area contributed by atoms with Crippen molar-refractivity contribution in [1.82, 2.24) is 5.32 Å². The molecule has 2 unspecified atom stereocenters. The molecule has 1 fully saturated rings. The van der Waals surface area contributed by atoms with E-state index in [9.17, 15) is 9.90 Å². The van der Waals surface area contributed by atoms with Gasteiger partial charge in [-0.1, -0.05) is 0 Å². The van der Waals surface area contributed by atoms with Crippen LogP contribution in [0, 0.1) is 0 Å². The molecule has 5 nitrogen and oxygen atoms in total. The second kappa shape index (κ2) is 5.04. The monoisotopic (exact) mass is 188 g/mol. The number of hydrogen-bond donors (Lipinski definition) is 3. The molecule has 5 heteroatoms. The van der Waals surface area contributed by atoms with E-state index in [-0.39, 0.29) is 18.8 Å². The van der Waals surface area contributed by atoms with Gasteiger partial charge in [0.2, 0.25) is 0 Å². The Kier molecular flexibility index (Phi) is 3.98. The van der Waals surface area contributed by atoms with Gasteiger partial charge in [0.25, 0.3) is 0 Å². The molecule has 0 saturated heterocycles. The minimum absolute atomic E-state index is 0.150. The van der Waals surface area contributed by atoms with Gasteiger partial charge in [0.1, 0.15) is 6.61 Å². The SMILES string of the molecule is NC(=O)OCCNC1CCCC1O. The van der Waals surface area contributed by atoms with Gasteiger partial charge in [-0.2, -0.15) is 0 Å². The van der Waals surface area contributed by atoms with Crippen LogP contribution in [0.3, 0.4) is 0 Å². The summed E-state index contributed by atoms with van der Waals surface area (Å²) in [5, 5.41) is 12.5. The number of aliphatic hydroxyl groups excluding tert-OH is 1. The molecule has 1 rings (SSSR count). The van der Waals surface area contributed by atoms with E-state index in [1.54, 1.807) is 0 Å². The van der Waals surface area contributed by atoms with Crippen molar-refractivity contribution >= 4 is 6.09 Å². The Bertz CT molecular complexity index is 175. The van der Waals surface area contributed by atoms with Gasteiger partial charge in [0, 0.05) is 12.6 Å². The molecule has 2 atom stereocenters. The summed E-state index contributed by atoms with van der Waals surface area (Å²) in [6.07, 6.45) is 1.88. The van der Waals surface area contributed by atoms with Gasteiger partial charge < -0.3 is 20.9 Å². The number of aliphatic hydroxyl groups is 1. The molecule has 0 aliphatic heterocycles. The zero-order valence-electron chi connectivity index (χ0n) is 7.53. The maximum Gasteiger partial charge on any atom is 0.404 e. The molecular formula is C8H16N2O3. The van der Waals surface area contributed by atoms with Crippen LogP contribution in [-0.4, -0.2) is 36.5 Å². The van der Waals surface area contributed by atoms with Gasteiger partial charge in [-0.15, -0.1) is 0 Å². The van der Waals surface area contributed by atoms with Crippen molar-refractivity contribution in [2.75, 3.05) is 13.2 Å². The van der Waals surface area contributed by atoms with E-state index in [0.717, 1.165) is 19.3 Å². The predicted molar refractivity (Wildman–Crippen MR) is 47.2 cm³/mol. The number of rotatable bonds is 4. The molecule has 0 aromatic rings. The van der Waals surface area contributed by atoms with Crippen molar-refractivity contribution < 1.29 is 14.6 Å². The maximum absolute atomic E-state index is 10.2. The van der Waals surface area contributed by atoms with E-state index in [1.807, 2.05) is 0 Å². The van der Waals surface area contributed by atoms with E-state index in [4.69, 9.17) is 5.73 Å². The van der Waals surface area contributed by atoms with Crippen LogP contribution >= 0.6 is 0 Å². The number of carbonyl (C=O) groups is 1. The number of amides is 1. The van der Waals surface area contributed by atoms with Crippen molar-refractivity contribution in [3.05, 3.63) is 0 Å². The van der Waals surface area contributed by atoms with Crippen LogP contribution in [0.5, 0.6) is 0 Å². The lowest BCUT2D eigenvalue weighted by Gasteiger charge is -2.15. The molecule has 0 aromatic carbocycles. The third-order valence-electron chi connectivity index (χ3n) is 2.23. The number of carbonyl (C=O) groups excluding carboxylic acids is 1. The number of nitrogens with one attached hydrogen (secondary N) is 1. The quantitative estimate of drug-likeness (QED) is 0.523. The average molecular weight is 188 g/mol. The fraction of sp³-hybridized carbons (Fsp3) is 0.875. The summed E-state index contributed by atoms with van der Waals surface area (Å²) in [6.45, 7) is 0.809. The molecule has 1 saturated carbocycles. The van der Waals surface area contributed by atoms with Crippen molar-refractivity contribution in [3.63, 3.8) is 0 Å². The minimum atomic E-state index is -0.756. The first-order valence-corrected chi connectivity index (χ1v) is 4.54. The van der Waals surface area contributed by atoms with Crippen molar-refractivity contribution in [2.24, 2.45) is 5.73 Å². The summed E-state index contributed by atoms with van der Waals surface area (Å²) in [7, 11) is 0. The first-order valence-electron chi connectivity index (χ1n) is 4.54. The third kappa shape index (κ3) is 3.61. The average Bonchev–Trinajstić information content (AvgIpc) is 2.45. The van der Waals surface area contributed by atoms with Crippen LogP contribution in [0.2, 0.25) is 0 Å². The summed E-state index contributed by atoms with van der Waals surface area (Å²) in [6, 6.07) is 0.150. The Morgan fingerprint density at radius 1 is 1.62 bits per heavy atom. The van der Waals surface area contributed by atoms with E-state index < -0.39 is 6.09 Å². The molecular weight excluding hydrogens is 172 g/mol. The smallest absolute Gasteiger partial charge is 0.404 e. The summed E-state index contributed by atoms with van der Waals surface area (Å²) >= 11 is 0. The molecule has 0 bridgehead atoms. The van der Waals surface area contributed by atoms with Crippen molar-refractivity contribution in [2.45, 2.75) is 31.4 Å². The fourth-order valence-electron chi connectivity index (χ4n) is 1.57. The second-order valence-corrected chi connectivity index (χ2v) is 3.23. The largest absolute Gasteiger partial charge is 0.448 e. The zero-order chi connectivity index (χ0) is 9.68. The topological polar surface area (TPSA) is 84.6 Å². The Labute approximate surface area is 77.2 Å². The van der Waals surface area contributed by atoms with Gasteiger partial charge in [0.15, 0.2) is 0 Å². The number of hydrogen-bond acceptors (Lipinski definition) is 4. The van der Waals surface area contributed by atoms with Gasteiger partial charge >= 0.3 is 6.09 Å². The predicted octanol–water partition coefficient (Wildman–Crippen LogP) is -0.415. The lowest BCUT2D eigenvalue weighted by Crippen LogP contribution is -2.38. The zero-order valence-corrected chi connectivity index (χ0v) is 7.53. The molecule has 1 amide bonds. The molecule has 76 valence electrons. The Morgan fingerprint density at radius 3 is 2.92 bits per heavy atom. The molecule has 0 heterocycles. The van der Waals surface area contributed by atoms with E-state index >= 15 is 0 Å². The van der Waals surface area contributed by atoms with Crippen LogP contribution in [0.4, 0.5) is 4.79 Å². The van der Waals surface area contributed by atoms with E-state index in [0.29, 0.717) is 6.54 Å². The third-order valence-corrected chi connectivity index (χ3v) is 2.23. The second-order valence-electron chi connectivity index (χ2n) is 3.23. The first kappa shape index (κ1) is 10.3. The molecule has 0 aromatic heterocycles. The van der Waals surface area contributed by atoms with Crippen molar-refractivity contribution in [3.8, 4) is 0 Å². The van der Waals surface area contributed by atoms with Crippen LogP contribution in [0.15, 0.2) is 0 Å². The maximum atomic E-state index is 10.2. The van der Waals surface area contributed by atoms with Crippen LogP contribution in [0.1, 0.15) is 19.3 Å². The normalized spacial score (nSPS) is 27.5. The van der Waals surface area contributed by atoms with Gasteiger partial charge in [-0.25, -0.2) is 4.79 Å². The van der Waals surface area contributed by atoms with Crippen LogP contribution in [-0.2, 0) is 4.74 Å². The molecule has 1 aliphatic carbocycles. The van der Waals surface area contributed by atoms with Crippen LogP contribution in [0.25, 0.3) is 0 Å². The minimum Gasteiger partial charge on any atom is -0.448 e. The van der Waals surface area contributed by atoms with Crippen molar-refractivity contribution in [1.29, 1.82) is 0 Å². The Morgan fingerprint density at radius 2 is 2.38 bits per heavy atom. The molecule has 1 aliphatic rings. The number of nitrogens with two attached hydrogens (primary N) is 1. The van der Waals surface area contributed by atoms with Gasteiger partial charge in [-0.05, 0) is 19.3 Å².